The molecule has 0 saturated carbocycles. The molecule has 1 aliphatic rings. The van der Waals surface area contributed by atoms with Crippen molar-refractivity contribution in [2.24, 2.45) is 5.41 Å². The Hall–Kier alpha value is -1.35. The normalized spacial score (nSPS) is 18.9. The predicted octanol–water partition coefficient (Wildman–Crippen LogP) is 1.89. The second kappa shape index (κ2) is 4.88. The van der Waals surface area contributed by atoms with Crippen LogP contribution in [0.25, 0.3) is 0 Å². The van der Waals surface area contributed by atoms with E-state index in [1.807, 2.05) is 6.07 Å². The lowest BCUT2D eigenvalue weighted by Gasteiger charge is -2.32. The maximum absolute atomic E-state index is 12.3. The third-order valence-corrected chi connectivity index (χ3v) is 3.66. The Kier molecular flexibility index (Phi) is 3.48. The molecule has 1 heterocycles. The number of hydrogen-bond donors (Lipinski definition) is 2. The molecule has 0 radical (unpaired) electrons. The minimum atomic E-state index is -0.198. The number of phenols is 1. The maximum Gasteiger partial charge on any atom is 0.143 e. The standard InChI is InChI=1S/C14H19NO2/c1-14(5-7-15-8-6-14)13(17)10-11-3-2-4-12(16)9-11/h2-4,9,15-16H,5-8,10H2,1H3. The van der Waals surface area contributed by atoms with Crippen LogP contribution in [0.1, 0.15) is 25.3 Å². The fourth-order valence-corrected chi connectivity index (χ4v) is 2.32. The molecule has 1 aliphatic heterocycles. The molecule has 0 aliphatic carbocycles. The van der Waals surface area contributed by atoms with Gasteiger partial charge >= 0.3 is 0 Å². The number of Topliss-reactive ketones (excluding diaryl/α,β-unsaturated/α-hetero) is 1. The van der Waals surface area contributed by atoms with Gasteiger partial charge in [-0.2, -0.15) is 0 Å². The van der Waals surface area contributed by atoms with Gasteiger partial charge in [0.1, 0.15) is 11.5 Å². The molecule has 1 aromatic carbocycles. The van der Waals surface area contributed by atoms with E-state index < -0.39 is 0 Å². The molecule has 1 saturated heterocycles. The van der Waals surface area contributed by atoms with E-state index in [9.17, 15) is 9.90 Å². The second-order valence-electron chi connectivity index (χ2n) is 5.08. The number of carbonyl (C=O) groups excluding carboxylic acids is 1. The highest BCUT2D eigenvalue weighted by atomic mass is 16.3. The lowest BCUT2D eigenvalue weighted by atomic mass is 9.75. The summed E-state index contributed by atoms with van der Waals surface area (Å²) in [5, 5.41) is 12.7. The number of piperidine rings is 1. The fraction of sp³-hybridized carbons (Fsp3) is 0.500. The molecule has 3 heteroatoms. The molecule has 17 heavy (non-hydrogen) atoms. The molecule has 1 fully saturated rings. The van der Waals surface area contributed by atoms with E-state index in [0.717, 1.165) is 31.5 Å². The van der Waals surface area contributed by atoms with Crippen molar-refractivity contribution in [1.82, 2.24) is 5.32 Å². The summed E-state index contributed by atoms with van der Waals surface area (Å²) in [4.78, 5) is 12.3. The van der Waals surface area contributed by atoms with E-state index in [1.165, 1.54) is 0 Å². The quantitative estimate of drug-likeness (QED) is 0.838. The van der Waals surface area contributed by atoms with Gasteiger partial charge in [0.15, 0.2) is 0 Å². The Balaban J connectivity index is 2.05. The number of nitrogens with one attached hydrogen (secondary N) is 1. The Morgan fingerprint density at radius 3 is 2.76 bits per heavy atom. The third kappa shape index (κ3) is 2.86. The van der Waals surface area contributed by atoms with Crippen LogP contribution in [0.5, 0.6) is 5.75 Å². The average molecular weight is 233 g/mol. The first-order valence-electron chi connectivity index (χ1n) is 6.12. The van der Waals surface area contributed by atoms with Gasteiger partial charge in [-0.05, 0) is 43.6 Å². The molecule has 0 amide bonds. The Labute approximate surface area is 102 Å². The molecule has 92 valence electrons. The SMILES string of the molecule is CC1(C(=O)Cc2cccc(O)c2)CCNCC1. The van der Waals surface area contributed by atoms with Crippen LogP contribution < -0.4 is 5.32 Å². The summed E-state index contributed by atoms with van der Waals surface area (Å²) in [5.41, 5.74) is 0.700. The van der Waals surface area contributed by atoms with Gasteiger partial charge in [-0.3, -0.25) is 4.79 Å². The number of phenolic OH excluding ortho intramolecular Hbond substituents is 1. The van der Waals surface area contributed by atoms with E-state index in [0.29, 0.717) is 6.42 Å². The van der Waals surface area contributed by atoms with Crippen LogP contribution in [-0.2, 0) is 11.2 Å². The molecular formula is C14H19NO2. The van der Waals surface area contributed by atoms with Crippen molar-refractivity contribution in [3.63, 3.8) is 0 Å². The van der Waals surface area contributed by atoms with Crippen LogP contribution >= 0.6 is 0 Å². The lowest BCUT2D eigenvalue weighted by Crippen LogP contribution is -2.40. The summed E-state index contributed by atoms with van der Waals surface area (Å²) in [7, 11) is 0. The maximum atomic E-state index is 12.3. The summed E-state index contributed by atoms with van der Waals surface area (Å²) in [6.45, 7) is 3.89. The van der Waals surface area contributed by atoms with Crippen molar-refractivity contribution in [3.8, 4) is 5.75 Å². The van der Waals surface area contributed by atoms with Gasteiger partial charge in [0.05, 0.1) is 0 Å². The number of benzene rings is 1. The summed E-state index contributed by atoms with van der Waals surface area (Å²) in [6, 6.07) is 6.97. The molecule has 0 aromatic heterocycles. The highest BCUT2D eigenvalue weighted by molar-refractivity contribution is 5.86. The summed E-state index contributed by atoms with van der Waals surface area (Å²) < 4.78 is 0. The molecule has 1 aromatic rings. The number of ketones is 1. The molecule has 0 spiro atoms. The van der Waals surface area contributed by atoms with Crippen molar-refractivity contribution < 1.29 is 9.90 Å². The van der Waals surface area contributed by atoms with Crippen LogP contribution in [0.2, 0.25) is 0 Å². The highest BCUT2D eigenvalue weighted by Gasteiger charge is 2.33. The Morgan fingerprint density at radius 1 is 1.41 bits per heavy atom. The Bertz CT molecular complexity index is 408. The smallest absolute Gasteiger partial charge is 0.143 e. The molecule has 2 N–H and O–H groups in total. The van der Waals surface area contributed by atoms with Crippen LogP contribution in [0.4, 0.5) is 0 Å². The van der Waals surface area contributed by atoms with Crippen molar-refractivity contribution in [1.29, 1.82) is 0 Å². The van der Waals surface area contributed by atoms with Gasteiger partial charge in [0.2, 0.25) is 0 Å². The van der Waals surface area contributed by atoms with E-state index in [-0.39, 0.29) is 16.9 Å². The van der Waals surface area contributed by atoms with Gasteiger partial charge in [-0.15, -0.1) is 0 Å². The average Bonchev–Trinajstić information content (AvgIpc) is 2.30. The number of rotatable bonds is 3. The molecule has 0 bridgehead atoms. The molecule has 0 unspecified atom stereocenters. The molecule has 3 nitrogen and oxygen atoms in total. The van der Waals surface area contributed by atoms with Crippen LogP contribution in [0.15, 0.2) is 24.3 Å². The second-order valence-corrected chi connectivity index (χ2v) is 5.08. The van der Waals surface area contributed by atoms with Crippen molar-refractivity contribution >= 4 is 5.78 Å². The van der Waals surface area contributed by atoms with Crippen molar-refractivity contribution in [3.05, 3.63) is 29.8 Å². The number of carbonyl (C=O) groups is 1. The van der Waals surface area contributed by atoms with Crippen LogP contribution in [-0.4, -0.2) is 24.0 Å². The van der Waals surface area contributed by atoms with E-state index in [1.54, 1.807) is 18.2 Å². The first-order valence-corrected chi connectivity index (χ1v) is 6.12. The first kappa shape index (κ1) is 12.1. The zero-order valence-corrected chi connectivity index (χ0v) is 10.2. The zero-order chi connectivity index (χ0) is 12.3. The van der Waals surface area contributed by atoms with Crippen molar-refractivity contribution in [2.75, 3.05) is 13.1 Å². The third-order valence-electron chi connectivity index (χ3n) is 3.66. The molecule has 0 atom stereocenters. The van der Waals surface area contributed by atoms with E-state index in [4.69, 9.17) is 0 Å². The van der Waals surface area contributed by atoms with E-state index in [2.05, 4.69) is 12.2 Å². The highest BCUT2D eigenvalue weighted by Crippen LogP contribution is 2.30. The van der Waals surface area contributed by atoms with Crippen LogP contribution in [0.3, 0.4) is 0 Å². The lowest BCUT2D eigenvalue weighted by molar-refractivity contribution is -0.128. The van der Waals surface area contributed by atoms with Crippen LogP contribution in [0, 0.1) is 5.41 Å². The summed E-state index contributed by atoms with van der Waals surface area (Å²) in [6.07, 6.45) is 2.24. The van der Waals surface area contributed by atoms with E-state index >= 15 is 0 Å². The zero-order valence-electron chi connectivity index (χ0n) is 10.2. The topological polar surface area (TPSA) is 49.3 Å². The fourth-order valence-electron chi connectivity index (χ4n) is 2.32. The molecular weight excluding hydrogens is 214 g/mol. The van der Waals surface area contributed by atoms with Gasteiger partial charge in [0, 0.05) is 11.8 Å². The number of hydrogen-bond acceptors (Lipinski definition) is 3. The number of aromatic hydroxyl groups is 1. The monoisotopic (exact) mass is 233 g/mol. The minimum absolute atomic E-state index is 0.198. The summed E-state index contributed by atoms with van der Waals surface area (Å²) in [5.74, 6) is 0.510. The minimum Gasteiger partial charge on any atom is -0.508 e. The largest absolute Gasteiger partial charge is 0.508 e. The predicted molar refractivity (Wildman–Crippen MR) is 67.0 cm³/mol. The Morgan fingerprint density at radius 2 is 2.12 bits per heavy atom. The van der Waals surface area contributed by atoms with Gasteiger partial charge in [-0.1, -0.05) is 19.1 Å². The first-order chi connectivity index (χ1) is 8.10. The van der Waals surface area contributed by atoms with Gasteiger partial charge in [-0.25, -0.2) is 0 Å². The van der Waals surface area contributed by atoms with Gasteiger partial charge < -0.3 is 10.4 Å². The summed E-state index contributed by atoms with van der Waals surface area (Å²) >= 11 is 0. The molecule has 2 rings (SSSR count). The van der Waals surface area contributed by atoms with Gasteiger partial charge in [0.25, 0.3) is 0 Å². The van der Waals surface area contributed by atoms with Crippen molar-refractivity contribution in [2.45, 2.75) is 26.2 Å².